The van der Waals surface area contributed by atoms with Gasteiger partial charge in [0, 0.05) is 12.0 Å². The van der Waals surface area contributed by atoms with Crippen LogP contribution in [0.2, 0.25) is 0 Å². The Morgan fingerprint density at radius 3 is 2.80 bits per heavy atom. The Kier molecular flexibility index (Phi) is 2.33. The largest absolute Gasteiger partial charge is 0.507 e. The number of aromatic hydroxyl groups is 1. The summed E-state index contributed by atoms with van der Waals surface area (Å²) in [4.78, 5) is 4.06. The normalized spacial score (nSPS) is 10.5. The molecular weight excluding hydrogens is 192 g/mol. The van der Waals surface area contributed by atoms with Crippen LogP contribution in [0, 0.1) is 0 Å². The van der Waals surface area contributed by atoms with Crippen LogP contribution in [-0.4, -0.2) is 10.1 Å². The maximum absolute atomic E-state index is 9.67. The molecule has 78 valence electrons. The molecule has 0 fully saturated rings. The summed E-state index contributed by atoms with van der Waals surface area (Å²) in [6.45, 7) is 1.95. The molecule has 15 heavy (non-hydrogen) atoms. The van der Waals surface area contributed by atoms with Crippen LogP contribution >= 0.6 is 0 Å². The van der Waals surface area contributed by atoms with E-state index in [4.69, 9.17) is 10.2 Å². The first-order valence-electron chi connectivity index (χ1n) is 4.76. The lowest BCUT2D eigenvalue weighted by molar-refractivity contribution is 0.476. The van der Waals surface area contributed by atoms with Gasteiger partial charge in [-0.3, -0.25) is 0 Å². The van der Waals surface area contributed by atoms with Crippen molar-refractivity contribution >= 4 is 6.01 Å². The van der Waals surface area contributed by atoms with E-state index < -0.39 is 0 Å². The van der Waals surface area contributed by atoms with Gasteiger partial charge in [0.25, 0.3) is 6.01 Å². The highest BCUT2D eigenvalue weighted by Gasteiger charge is 2.14. The van der Waals surface area contributed by atoms with Gasteiger partial charge in [0.1, 0.15) is 17.2 Å². The number of rotatable bonds is 2. The van der Waals surface area contributed by atoms with E-state index in [-0.39, 0.29) is 11.8 Å². The Morgan fingerprint density at radius 2 is 2.13 bits per heavy atom. The zero-order valence-electron chi connectivity index (χ0n) is 8.40. The fraction of sp³-hybridized carbons (Fsp3) is 0.182. The van der Waals surface area contributed by atoms with E-state index in [1.54, 1.807) is 18.2 Å². The molecule has 0 saturated carbocycles. The summed E-state index contributed by atoms with van der Waals surface area (Å²) in [7, 11) is 0. The highest BCUT2D eigenvalue weighted by atomic mass is 16.4. The number of phenols is 1. The molecule has 0 aliphatic rings. The second-order valence-electron chi connectivity index (χ2n) is 3.19. The second kappa shape index (κ2) is 3.65. The second-order valence-corrected chi connectivity index (χ2v) is 3.19. The first-order chi connectivity index (χ1) is 7.22. The van der Waals surface area contributed by atoms with Gasteiger partial charge < -0.3 is 15.3 Å². The number of hydrogen-bond donors (Lipinski definition) is 2. The third kappa shape index (κ3) is 1.66. The summed E-state index contributed by atoms with van der Waals surface area (Å²) < 4.78 is 5.23. The molecule has 1 heterocycles. The van der Waals surface area contributed by atoms with Crippen LogP contribution in [-0.2, 0) is 6.42 Å². The molecule has 0 atom stereocenters. The third-order valence-electron chi connectivity index (χ3n) is 2.19. The lowest BCUT2D eigenvalue weighted by atomic mass is 10.1. The zero-order chi connectivity index (χ0) is 10.8. The average molecular weight is 204 g/mol. The van der Waals surface area contributed by atoms with E-state index in [1.807, 2.05) is 13.0 Å². The van der Waals surface area contributed by atoms with Crippen molar-refractivity contribution in [2.45, 2.75) is 13.3 Å². The minimum absolute atomic E-state index is 0.130. The van der Waals surface area contributed by atoms with Gasteiger partial charge in [-0.25, -0.2) is 0 Å². The van der Waals surface area contributed by atoms with Crippen molar-refractivity contribution in [2.75, 3.05) is 5.73 Å². The average Bonchev–Trinajstić information content (AvgIpc) is 2.60. The number of phenolic OH excluding ortho intramolecular Hbond substituents is 1. The Morgan fingerprint density at radius 1 is 1.40 bits per heavy atom. The summed E-state index contributed by atoms with van der Waals surface area (Å²) in [5.41, 5.74) is 6.75. The summed E-state index contributed by atoms with van der Waals surface area (Å²) >= 11 is 0. The quantitative estimate of drug-likeness (QED) is 0.786. The number of nitrogen functional groups attached to an aromatic ring is 1. The molecule has 0 aliphatic carbocycles. The highest BCUT2D eigenvalue weighted by Crippen LogP contribution is 2.31. The van der Waals surface area contributed by atoms with E-state index in [0.717, 1.165) is 0 Å². The number of hydrogen-bond acceptors (Lipinski definition) is 4. The Labute approximate surface area is 87.4 Å². The molecule has 1 aromatic heterocycles. The van der Waals surface area contributed by atoms with Crippen LogP contribution in [0.1, 0.15) is 12.7 Å². The number of aromatic nitrogens is 1. The van der Waals surface area contributed by atoms with Gasteiger partial charge >= 0.3 is 0 Å². The van der Waals surface area contributed by atoms with Crippen LogP contribution in [0.25, 0.3) is 11.3 Å². The molecular formula is C11H12N2O2. The fourth-order valence-electron chi connectivity index (χ4n) is 1.49. The van der Waals surface area contributed by atoms with Gasteiger partial charge in [0.15, 0.2) is 0 Å². The Bertz CT molecular complexity index is 477. The van der Waals surface area contributed by atoms with Crippen LogP contribution in [0.15, 0.2) is 28.7 Å². The number of nitrogens with zero attached hydrogens (tertiary/aromatic N) is 1. The van der Waals surface area contributed by atoms with E-state index in [0.29, 0.717) is 23.4 Å². The Hall–Kier alpha value is -1.97. The zero-order valence-corrected chi connectivity index (χ0v) is 8.40. The molecule has 0 aliphatic heterocycles. The Balaban J connectivity index is 2.58. The number of nitrogens with two attached hydrogens (primary N) is 1. The van der Waals surface area contributed by atoms with E-state index >= 15 is 0 Å². The SMILES string of the molecule is CCc1oc(N)nc1-c1ccccc1O. The molecule has 1 aromatic carbocycles. The fourth-order valence-corrected chi connectivity index (χ4v) is 1.49. The maximum atomic E-state index is 9.67. The van der Waals surface area contributed by atoms with Crippen molar-refractivity contribution in [1.29, 1.82) is 0 Å². The predicted molar refractivity (Wildman–Crippen MR) is 57.4 cm³/mol. The number of aryl methyl sites for hydroxylation is 1. The smallest absolute Gasteiger partial charge is 0.292 e. The molecule has 0 amide bonds. The molecule has 0 bridgehead atoms. The van der Waals surface area contributed by atoms with E-state index in [9.17, 15) is 5.11 Å². The first-order valence-corrected chi connectivity index (χ1v) is 4.76. The highest BCUT2D eigenvalue weighted by molar-refractivity contribution is 5.69. The van der Waals surface area contributed by atoms with Crippen molar-refractivity contribution in [3.8, 4) is 17.0 Å². The number of anilines is 1. The van der Waals surface area contributed by atoms with Crippen LogP contribution in [0.5, 0.6) is 5.75 Å². The number of benzene rings is 1. The number of oxazole rings is 1. The van der Waals surface area contributed by atoms with Crippen molar-refractivity contribution in [3.05, 3.63) is 30.0 Å². The molecule has 2 rings (SSSR count). The maximum Gasteiger partial charge on any atom is 0.292 e. The summed E-state index contributed by atoms with van der Waals surface area (Å²) in [5, 5.41) is 9.67. The first kappa shape index (κ1) is 9.58. The van der Waals surface area contributed by atoms with Gasteiger partial charge in [-0.15, -0.1) is 0 Å². The van der Waals surface area contributed by atoms with Crippen LogP contribution in [0.3, 0.4) is 0 Å². The van der Waals surface area contributed by atoms with Gasteiger partial charge in [-0.2, -0.15) is 4.98 Å². The van der Waals surface area contributed by atoms with Crippen molar-refractivity contribution in [3.63, 3.8) is 0 Å². The molecule has 3 N–H and O–H groups in total. The topological polar surface area (TPSA) is 72.3 Å². The molecule has 0 unspecified atom stereocenters. The minimum Gasteiger partial charge on any atom is -0.507 e. The van der Waals surface area contributed by atoms with Crippen LogP contribution < -0.4 is 5.73 Å². The summed E-state index contributed by atoms with van der Waals surface area (Å²) in [6, 6.07) is 7.11. The lowest BCUT2D eigenvalue weighted by Gasteiger charge is -2.01. The van der Waals surface area contributed by atoms with Gasteiger partial charge in [-0.05, 0) is 12.1 Å². The van der Waals surface area contributed by atoms with Gasteiger partial charge in [0.05, 0.1) is 0 Å². The van der Waals surface area contributed by atoms with E-state index in [1.165, 1.54) is 0 Å². The summed E-state index contributed by atoms with van der Waals surface area (Å²) in [6.07, 6.45) is 0.688. The predicted octanol–water partition coefficient (Wildman–Crippen LogP) is 2.19. The van der Waals surface area contributed by atoms with Crippen molar-refractivity contribution in [2.24, 2.45) is 0 Å². The van der Waals surface area contributed by atoms with Gasteiger partial charge in [0.2, 0.25) is 0 Å². The van der Waals surface area contributed by atoms with E-state index in [2.05, 4.69) is 4.98 Å². The number of para-hydroxylation sites is 1. The minimum atomic E-state index is 0.130. The standard InChI is InChI=1S/C11H12N2O2/c1-2-9-10(13-11(12)15-9)7-5-3-4-6-8(7)14/h3-6,14H,2H2,1H3,(H2,12,13). The van der Waals surface area contributed by atoms with Crippen molar-refractivity contribution in [1.82, 2.24) is 4.98 Å². The molecule has 4 nitrogen and oxygen atoms in total. The molecule has 4 heteroatoms. The van der Waals surface area contributed by atoms with Crippen molar-refractivity contribution < 1.29 is 9.52 Å². The van der Waals surface area contributed by atoms with Gasteiger partial charge in [-0.1, -0.05) is 19.1 Å². The van der Waals surface area contributed by atoms with Crippen LogP contribution in [0.4, 0.5) is 6.01 Å². The monoisotopic (exact) mass is 204 g/mol. The lowest BCUT2D eigenvalue weighted by Crippen LogP contribution is -1.85. The molecule has 0 spiro atoms. The molecule has 0 radical (unpaired) electrons. The summed E-state index contributed by atoms with van der Waals surface area (Å²) in [5.74, 6) is 0.870. The molecule has 0 saturated heterocycles. The molecule has 2 aromatic rings. The third-order valence-corrected chi connectivity index (χ3v) is 2.19.